The Morgan fingerprint density at radius 1 is 1.18 bits per heavy atom. The molecule has 2 heterocycles. The Morgan fingerprint density at radius 3 is 2.57 bits per heavy atom. The number of oxazole rings is 1. The largest absolute Gasteiger partial charge is 0.440 e. The second-order valence-corrected chi connectivity index (χ2v) is 7.87. The van der Waals surface area contributed by atoms with Gasteiger partial charge in [0, 0.05) is 19.6 Å². The van der Waals surface area contributed by atoms with Gasteiger partial charge in [0.1, 0.15) is 11.6 Å². The Morgan fingerprint density at radius 2 is 1.93 bits per heavy atom. The van der Waals surface area contributed by atoms with Crippen molar-refractivity contribution in [3.8, 4) is 10.8 Å². The fourth-order valence-corrected chi connectivity index (χ4v) is 3.42. The lowest BCUT2D eigenvalue weighted by molar-refractivity contribution is -0.131. The molecule has 0 saturated carbocycles. The van der Waals surface area contributed by atoms with E-state index in [1.165, 1.54) is 12.1 Å². The van der Waals surface area contributed by atoms with Crippen LogP contribution in [0.2, 0.25) is 0 Å². The zero-order valence-corrected chi connectivity index (χ0v) is 17.1. The number of aromatic nitrogens is 1. The number of likely N-dealkylation sites (N-methyl/N-ethyl adjacent to an activating group) is 1. The first-order valence-electron chi connectivity index (χ1n) is 9.09. The summed E-state index contributed by atoms with van der Waals surface area (Å²) in [6.07, 6.45) is 0.176. The molecular formula is C21H24FN3O2S. The van der Waals surface area contributed by atoms with Crippen molar-refractivity contribution in [2.24, 2.45) is 0 Å². The van der Waals surface area contributed by atoms with E-state index >= 15 is 0 Å². The molecule has 0 aliphatic rings. The summed E-state index contributed by atoms with van der Waals surface area (Å²) >= 11 is 1.55. The monoisotopic (exact) mass is 401 g/mol. The number of halogens is 1. The summed E-state index contributed by atoms with van der Waals surface area (Å²) in [5.74, 6) is 0.898. The molecule has 2 aromatic heterocycles. The third-order valence-corrected chi connectivity index (χ3v) is 5.26. The lowest BCUT2D eigenvalue weighted by Crippen LogP contribution is -2.37. The van der Waals surface area contributed by atoms with Crippen molar-refractivity contribution in [3.05, 3.63) is 64.6 Å². The minimum atomic E-state index is -0.283. The second kappa shape index (κ2) is 9.12. The van der Waals surface area contributed by atoms with E-state index in [-0.39, 0.29) is 18.1 Å². The quantitative estimate of drug-likeness (QED) is 0.573. The molecule has 1 amide bonds. The summed E-state index contributed by atoms with van der Waals surface area (Å²) in [6.45, 7) is 3.58. The van der Waals surface area contributed by atoms with Gasteiger partial charge in [-0.2, -0.15) is 0 Å². The van der Waals surface area contributed by atoms with Gasteiger partial charge in [-0.05, 0) is 50.2 Å². The zero-order chi connectivity index (χ0) is 20.1. The third kappa shape index (κ3) is 5.27. The number of thiophene rings is 1. The standard InChI is InChI=1S/C21H24FN3O2S/c1-15-18(23-21(27-15)19-5-4-12-28-19)13-20(26)25(11-10-24(2)3)14-16-6-8-17(22)9-7-16/h4-9,12H,10-11,13-14H2,1-3H3. The van der Waals surface area contributed by atoms with Crippen LogP contribution in [0.1, 0.15) is 17.0 Å². The van der Waals surface area contributed by atoms with E-state index < -0.39 is 0 Å². The fraction of sp³-hybridized carbons (Fsp3) is 0.333. The highest BCUT2D eigenvalue weighted by Gasteiger charge is 2.20. The molecule has 3 rings (SSSR count). The van der Waals surface area contributed by atoms with Crippen LogP contribution in [0.5, 0.6) is 0 Å². The lowest BCUT2D eigenvalue weighted by Gasteiger charge is -2.24. The van der Waals surface area contributed by atoms with E-state index in [2.05, 4.69) is 4.98 Å². The molecule has 0 atom stereocenters. The average molecular weight is 402 g/mol. The van der Waals surface area contributed by atoms with Crippen molar-refractivity contribution in [1.82, 2.24) is 14.8 Å². The Balaban J connectivity index is 1.74. The molecule has 5 nitrogen and oxygen atoms in total. The van der Waals surface area contributed by atoms with E-state index in [0.29, 0.717) is 30.4 Å². The number of carbonyl (C=O) groups is 1. The van der Waals surface area contributed by atoms with Crippen molar-refractivity contribution >= 4 is 17.2 Å². The predicted molar refractivity (Wildman–Crippen MR) is 109 cm³/mol. The van der Waals surface area contributed by atoms with Crippen molar-refractivity contribution in [2.45, 2.75) is 19.9 Å². The van der Waals surface area contributed by atoms with Crippen LogP contribution in [0.4, 0.5) is 4.39 Å². The van der Waals surface area contributed by atoms with Crippen LogP contribution in [-0.4, -0.2) is 47.9 Å². The summed E-state index contributed by atoms with van der Waals surface area (Å²) in [7, 11) is 3.94. The van der Waals surface area contributed by atoms with Gasteiger partial charge in [-0.25, -0.2) is 9.37 Å². The second-order valence-electron chi connectivity index (χ2n) is 6.92. The summed E-state index contributed by atoms with van der Waals surface area (Å²) in [4.78, 5) is 22.3. The molecule has 0 spiro atoms. The van der Waals surface area contributed by atoms with E-state index in [1.54, 1.807) is 28.4 Å². The highest BCUT2D eigenvalue weighted by Crippen LogP contribution is 2.26. The first-order chi connectivity index (χ1) is 13.4. The number of carbonyl (C=O) groups excluding carboxylic acids is 1. The van der Waals surface area contributed by atoms with Gasteiger partial charge in [-0.1, -0.05) is 18.2 Å². The van der Waals surface area contributed by atoms with Crippen LogP contribution in [0.25, 0.3) is 10.8 Å². The van der Waals surface area contributed by atoms with E-state index in [4.69, 9.17) is 4.42 Å². The molecule has 0 fully saturated rings. The van der Waals surface area contributed by atoms with Gasteiger partial charge < -0.3 is 14.2 Å². The number of nitrogens with zero attached hydrogens (tertiary/aromatic N) is 3. The van der Waals surface area contributed by atoms with E-state index in [1.807, 2.05) is 43.4 Å². The van der Waals surface area contributed by atoms with Gasteiger partial charge in [0.15, 0.2) is 0 Å². The van der Waals surface area contributed by atoms with Crippen molar-refractivity contribution < 1.29 is 13.6 Å². The number of aryl methyl sites for hydroxylation is 1. The maximum atomic E-state index is 13.2. The summed E-state index contributed by atoms with van der Waals surface area (Å²) < 4.78 is 18.9. The van der Waals surface area contributed by atoms with E-state index in [9.17, 15) is 9.18 Å². The molecular weight excluding hydrogens is 377 g/mol. The number of hydrogen-bond donors (Lipinski definition) is 0. The van der Waals surface area contributed by atoms with Crippen molar-refractivity contribution in [2.75, 3.05) is 27.2 Å². The van der Waals surface area contributed by atoms with Crippen molar-refractivity contribution in [3.63, 3.8) is 0 Å². The van der Waals surface area contributed by atoms with Crippen LogP contribution >= 0.6 is 11.3 Å². The Labute approximate surface area is 168 Å². The molecule has 0 bridgehead atoms. The highest BCUT2D eigenvalue weighted by molar-refractivity contribution is 7.13. The van der Waals surface area contributed by atoms with Gasteiger partial charge in [0.2, 0.25) is 11.8 Å². The molecule has 0 saturated heterocycles. The number of benzene rings is 1. The van der Waals surface area contributed by atoms with Gasteiger partial charge in [-0.15, -0.1) is 11.3 Å². The molecule has 148 valence electrons. The SMILES string of the molecule is Cc1oc(-c2cccs2)nc1CC(=O)N(CCN(C)C)Cc1ccc(F)cc1. The van der Waals surface area contributed by atoms with Crippen LogP contribution in [-0.2, 0) is 17.8 Å². The lowest BCUT2D eigenvalue weighted by atomic mass is 10.2. The first-order valence-corrected chi connectivity index (χ1v) is 9.97. The van der Waals surface area contributed by atoms with Crippen molar-refractivity contribution in [1.29, 1.82) is 0 Å². The average Bonchev–Trinajstić information content (AvgIpc) is 3.30. The minimum Gasteiger partial charge on any atom is -0.440 e. The minimum absolute atomic E-state index is 0.0275. The van der Waals surface area contributed by atoms with Crippen LogP contribution < -0.4 is 0 Å². The summed E-state index contributed by atoms with van der Waals surface area (Å²) in [5, 5.41) is 1.96. The maximum Gasteiger partial charge on any atom is 0.236 e. The third-order valence-electron chi connectivity index (χ3n) is 4.40. The van der Waals surface area contributed by atoms with Gasteiger partial charge in [-0.3, -0.25) is 4.79 Å². The number of amides is 1. The highest BCUT2D eigenvalue weighted by atomic mass is 32.1. The number of rotatable bonds is 8. The topological polar surface area (TPSA) is 49.6 Å². The van der Waals surface area contributed by atoms with Crippen LogP contribution in [0.3, 0.4) is 0 Å². The Hall–Kier alpha value is -2.51. The number of hydrogen-bond acceptors (Lipinski definition) is 5. The molecule has 7 heteroatoms. The molecule has 0 aliphatic carbocycles. The Kier molecular flexibility index (Phi) is 6.59. The van der Waals surface area contributed by atoms with Crippen LogP contribution in [0, 0.1) is 12.7 Å². The van der Waals surface area contributed by atoms with Crippen LogP contribution in [0.15, 0.2) is 46.2 Å². The zero-order valence-electron chi connectivity index (χ0n) is 16.3. The predicted octanol–water partition coefficient (Wildman–Crippen LogP) is 3.98. The van der Waals surface area contributed by atoms with Gasteiger partial charge in [0.05, 0.1) is 17.0 Å². The first kappa shape index (κ1) is 20.2. The normalized spacial score (nSPS) is 11.2. The smallest absolute Gasteiger partial charge is 0.236 e. The summed E-state index contributed by atoms with van der Waals surface area (Å²) in [6, 6.07) is 10.1. The molecule has 1 aromatic carbocycles. The molecule has 28 heavy (non-hydrogen) atoms. The van der Waals surface area contributed by atoms with Gasteiger partial charge >= 0.3 is 0 Å². The Bertz CT molecular complexity index is 904. The molecule has 3 aromatic rings. The molecule has 0 unspecified atom stereocenters. The molecule has 0 N–H and O–H groups in total. The molecule has 0 aliphatic heterocycles. The molecule has 0 radical (unpaired) electrons. The van der Waals surface area contributed by atoms with E-state index in [0.717, 1.165) is 17.0 Å². The fourth-order valence-electron chi connectivity index (χ4n) is 2.78. The maximum absolute atomic E-state index is 13.2. The van der Waals surface area contributed by atoms with Gasteiger partial charge in [0.25, 0.3) is 0 Å². The summed E-state index contributed by atoms with van der Waals surface area (Å²) in [5.41, 5.74) is 1.55.